The summed E-state index contributed by atoms with van der Waals surface area (Å²) in [7, 11) is 0. The molecule has 17 heavy (non-hydrogen) atoms. The van der Waals surface area contributed by atoms with Crippen LogP contribution >= 0.6 is 11.5 Å². The number of hydrogen-bond donors (Lipinski definition) is 1. The van der Waals surface area contributed by atoms with Gasteiger partial charge >= 0.3 is 0 Å². The lowest BCUT2D eigenvalue weighted by atomic mass is 9.92. The third-order valence-electron chi connectivity index (χ3n) is 3.87. The fourth-order valence-corrected chi connectivity index (χ4v) is 3.78. The van der Waals surface area contributed by atoms with Crippen LogP contribution in [-0.4, -0.2) is 35.0 Å². The highest BCUT2D eigenvalue weighted by molar-refractivity contribution is 7.09. The van der Waals surface area contributed by atoms with Crippen molar-refractivity contribution in [1.29, 1.82) is 0 Å². The third-order valence-corrected chi connectivity index (χ3v) is 4.64. The molecule has 2 fully saturated rings. The second kappa shape index (κ2) is 4.53. The molecular formula is C12H20N4S. The summed E-state index contributed by atoms with van der Waals surface area (Å²) < 4.78 is 4.47. The molecule has 0 spiro atoms. The van der Waals surface area contributed by atoms with Crippen LogP contribution in [0.5, 0.6) is 0 Å². The average Bonchev–Trinajstić information content (AvgIpc) is 2.97. The van der Waals surface area contributed by atoms with Crippen LogP contribution in [0.2, 0.25) is 0 Å². The third kappa shape index (κ3) is 2.06. The molecule has 1 N–H and O–H groups in total. The van der Waals surface area contributed by atoms with Crippen molar-refractivity contribution >= 4 is 16.7 Å². The standard InChI is InChI=1S/C12H20N4S/c1-8(2)11-14-12(17-15-11)16-5-3-4-9-6-13-7-10(9)16/h8-10,13H,3-7H2,1-2H3. The van der Waals surface area contributed by atoms with Crippen LogP contribution in [0.15, 0.2) is 0 Å². The highest BCUT2D eigenvalue weighted by atomic mass is 32.1. The van der Waals surface area contributed by atoms with E-state index in [1.807, 2.05) is 0 Å². The molecule has 2 saturated heterocycles. The van der Waals surface area contributed by atoms with E-state index in [1.54, 1.807) is 11.5 Å². The van der Waals surface area contributed by atoms with Crippen molar-refractivity contribution in [2.24, 2.45) is 5.92 Å². The summed E-state index contributed by atoms with van der Waals surface area (Å²) in [5.41, 5.74) is 0. The number of aromatic nitrogens is 2. The quantitative estimate of drug-likeness (QED) is 0.872. The van der Waals surface area contributed by atoms with Gasteiger partial charge in [-0.1, -0.05) is 13.8 Å². The Labute approximate surface area is 107 Å². The van der Waals surface area contributed by atoms with Crippen molar-refractivity contribution in [2.45, 2.75) is 38.6 Å². The number of nitrogens with one attached hydrogen (secondary N) is 1. The number of nitrogens with zero attached hydrogens (tertiary/aromatic N) is 3. The molecule has 94 valence electrons. The lowest BCUT2D eigenvalue weighted by Gasteiger charge is -2.36. The average molecular weight is 252 g/mol. The van der Waals surface area contributed by atoms with Crippen molar-refractivity contribution in [3.8, 4) is 0 Å². The van der Waals surface area contributed by atoms with Gasteiger partial charge < -0.3 is 10.2 Å². The summed E-state index contributed by atoms with van der Waals surface area (Å²) in [5, 5.41) is 4.64. The van der Waals surface area contributed by atoms with Crippen LogP contribution in [0, 0.1) is 5.92 Å². The van der Waals surface area contributed by atoms with Gasteiger partial charge in [0, 0.05) is 43.1 Å². The molecule has 2 aliphatic heterocycles. The van der Waals surface area contributed by atoms with Crippen molar-refractivity contribution in [1.82, 2.24) is 14.7 Å². The number of hydrogen-bond acceptors (Lipinski definition) is 5. The maximum Gasteiger partial charge on any atom is 0.205 e. The van der Waals surface area contributed by atoms with Crippen LogP contribution in [0.3, 0.4) is 0 Å². The first kappa shape index (κ1) is 11.4. The summed E-state index contributed by atoms with van der Waals surface area (Å²) >= 11 is 1.57. The Kier molecular flexibility index (Phi) is 3.04. The second-order valence-corrected chi connectivity index (χ2v) is 6.14. The van der Waals surface area contributed by atoms with Crippen LogP contribution < -0.4 is 10.2 Å². The molecule has 1 aromatic heterocycles. The smallest absolute Gasteiger partial charge is 0.205 e. The van der Waals surface area contributed by atoms with E-state index < -0.39 is 0 Å². The van der Waals surface area contributed by atoms with E-state index in [1.165, 1.54) is 19.4 Å². The Hall–Kier alpha value is -0.680. The van der Waals surface area contributed by atoms with Gasteiger partial charge in [-0.15, -0.1) is 0 Å². The fourth-order valence-electron chi connectivity index (χ4n) is 2.88. The molecule has 0 saturated carbocycles. The number of rotatable bonds is 2. The molecule has 0 aromatic carbocycles. The highest BCUT2D eigenvalue weighted by Crippen LogP contribution is 2.32. The minimum absolute atomic E-state index is 0.433. The van der Waals surface area contributed by atoms with Gasteiger partial charge in [-0.25, -0.2) is 4.98 Å². The molecule has 0 amide bonds. The van der Waals surface area contributed by atoms with Crippen molar-refractivity contribution in [2.75, 3.05) is 24.5 Å². The van der Waals surface area contributed by atoms with Crippen LogP contribution in [0.1, 0.15) is 38.4 Å². The van der Waals surface area contributed by atoms with Crippen molar-refractivity contribution in [3.63, 3.8) is 0 Å². The van der Waals surface area contributed by atoms with E-state index in [2.05, 4.69) is 28.4 Å². The second-order valence-electron chi connectivity index (χ2n) is 5.41. The van der Waals surface area contributed by atoms with Gasteiger partial charge in [0.15, 0.2) is 0 Å². The van der Waals surface area contributed by atoms with E-state index in [-0.39, 0.29) is 0 Å². The first-order valence-corrected chi connectivity index (χ1v) is 7.34. The van der Waals surface area contributed by atoms with Gasteiger partial charge in [0.05, 0.1) is 0 Å². The Morgan fingerprint density at radius 2 is 2.29 bits per heavy atom. The van der Waals surface area contributed by atoms with Crippen molar-refractivity contribution in [3.05, 3.63) is 5.82 Å². The van der Waals surface area contributed by atoms with E-state index in [9.17, 15) is 0 Å². The Bertz CT molecular complexity index is 390. The molecule has 3 heterocycles. The first-order valence-electron chi connectivity index (χ1n) is 6.56. The summed E-state index contributed by atoms with van der Waals surface area (Å²) in [6.45, 7) is 7.75. The van der Waals surface area contributed by atoms with Gasteiger partial charge in [0.25, 0.3) is 0 Å². The summed E-state index contributed by atoms with van der Waals surface area (Å²) in [4.78, 5) is 7.18. The summed E-state index contributed by atoms with van der Waals surface area (Å²) in [6, 6.07) is 0.650. The predicted octanol–water partition coefficient (Wildman–Crippen LogP) is 1.85. The van der Waals surface area contributed by atoms with E-state index in [0.717, 1.165) is 30.0 Å². The Morgan fingerprint density at radius 1 is 1.41 bits per heavy atom. The highest BCUT2D eigenvalue weighted by Gasteiger charge is 2.36. The molecule has 0 aliphatic carbocycles. The minimum atomic E-state index is 0.433. The number of fused-ring (bicyclic) bond motifs is 1. The monoisotopic (exact) mass is 252 g/mol. The molecule has 0 radical (unpaired) electrons. The SMILES string of the molecule is CC(C)c1nsc(N2CCCC3CNCC32)n1. The molecular weight excluding hydrogens is 232 g/mol. The molecule has 2 aliphatic rings. The molecule has 2 unspecified atom stereocenters. The topological polar surface area (TPSA) is 41.1 Å². The minimum Gasteiger partial charge on any atom is -0.342 e. The Morgan fingerprint density at radius 3 is 3.06 bits per heavy atom. The van der Waals surface area contributed by atoms with Gasteiger partial charge in [0.2, 0.25) is 5.13 Å². The molecule has 1 aromatic rings. The van der Waals surface area contributed by atoms with Gasteiger partial charge in [-0.3, -0.25) is 0 Å². The lowest BCUT2D eigenvalue weighted by Crippen LogP contribution is -2.45. The fraction of sp³-hybridized carbons (Fsp3) is 0.833. The lowest BCUT2D eigenvalue weighted by molar-refractivity contribution is 0.385. The zero-order valence-electron chi connectivity index (χ0n) is 10.5. The van der Waals surface area contributed by atoms with Crippen LogP contribution in [0.25, 0.3) is 0 Å². The van der Waals surface area contributed by atoms with Crippen molar-refractivity contribution < 1.29 is 0 Å². The zero-order valence-corrected chi connectivity index (χ0v) is 11.3. The van der Waals surface area contributed by atoms with Crippen LogP contribution in [-0.2, 0) is 0 Å². The van der Waals surface area contributed by atoms with Crippen LogP contribution in [0.4, 0.5) is 5.13 Å². The number of anilines is 1. The summed E-state index contributed by atoms with van der Waals surface area (Å²) in [5.74, 6) is 2.25. The van der Waals surface area contributed by atoms with E-state index in [0.29, 0.717) is 12.0 Å². The molecule has 5 heteroatoms. The Balaban J connectivity index is 1.81. The zero-order chi connectivity index (χ0) is 11.8. The molecule has 2 atom stereocenters. The largest absolute Gasteiger partial charge is 0.342 e. The molecule has 0 bridgehead atoms. The maximum absolute atomic E-state index is 4.70. The summed E-state index contributed by atoms with van der Waals surface area (Å²) in [6.07, 6.45) is 2.66. The number of piperidine rings is 1. The van der Waals surface area contributed by atoms with Gasteiger partial charge in [-0.05, 0) is 18.8 Å². The van der Waals surface area contributed by atoms with E-state index >= 15 is 0 Å². The van der Waals surface area contributed by atoms with Gasteiger partial charge in [-0.2, -0.15) is 4.37 Å². The molecule has 3 rings (SSSR count). The molecule has 4 nitrogen and oxygen atoms in total. The normalized spacial score (nSPS) is 28.8. The maximum atomic E-state index is 4.70. The van der Waals surface area contributed by atoms with Gasteiger partial charge in [0.1, 0.15) is 5.82 Å². The van der Waals surface area contributed by atoms with E-state index in [4.69, 9.17) is 4.98 Å². The first-order chi connectivity index (χ1) is 8.25. The predicted molar refractivity (Wildman–Crippen MR) is 70.7 cm³/mol.